The smallest absolute Gasteiger partial charge is 0.148 e. The quantitative estimate of drug-likeness (QED) is 0.139. The van der Waals surface area contributed by atoms with E-state index in [-0.39, 0.29) is 43.1 Å². The van der Waals surface area contributed by atoms with Crippen molar-refractivity contribution in [2.45, 2.75) is 71.6 Å². The monoisotopic (exact) mass is 1170 g/mol. The topological polar surface area (TPSA) is 50.9 Å². The third-order valence-corrected chi connectivity index (χ3v) is 14.9. The van der Waals surface area contributed by atoms with Crippen LogP contribution in [0.1, 0.15) is 77.6 Å². The summed E-state index contributed by atoms with van der Waals surface area (Å²) < 4.78 is 2.27. The molecule has 0 atom stereocenters. The van der Waals surface area contributed by atoms with Crippen molar-refractivity contribution < 1.29 is 26.2 Å². The predicted molar refractivity (Wildman–Crippen MR) is 313 cm³/mol. The Balaban J connectivity index is 0.00000657. The standard InChI is InChI=1S/C71H62N3O.Pt/c1-69(2,3)57-36-37-64(60(44-57)49-24-15-10-16-25-49)74-65-31-21-30-59(66(65)73-68(74)62-46-58(70(4,5)6)45-61(67(62)75)50-26-17-11-18-27-50)53-40-52(47-22-13-9-14-23-47)41-54(42-53)63-43-51(38-39-72-63)48-32-34-56(35-33-48)71(7,8)55-28-19-12-20-29-55;/h9-41,43-46,75H,1-8H3;/q-1;. The maximum Gasteiger partial charge on any atom is 0.148 e. The van der Waals surface area contributed by atoms with Crippen molar-refractivity contribution in [2.24, 2.45) is 0 Å². The fourth-order valence-corrected chi connectivity index (χ4v) is 10.4. The van der Waals surface area contributed by atoms with E-state index in [4.69, 9.17) is 9.97 Å². The number of para-hydroxylation sites is 1. The molecule has 0 fully saturated rings. The van der Waals surface area contributed by atoms with Crippen LogP contribution in [-0.2, 0) is 37.3 Å². The molecule has 0 amide bonds. The van der Waals surface area contributed by atoms with Gasteiger partial charge in [-0.1, -0.05) is 242 Å². The van der Waals surface area contributed by atoms with Gasteiger partial charge in [-0.3, -0.25) is 9.55 Å². The van der Waals surface area contributed by atoms with E-state index in [2.05, 4.69) is 266 Å². The van der Waals surface area contributed by atoms with Crippen LogP contribution in [0, 0.1) is 6.07 Å². The summed E-state index contributed by atoms with van der Waals surface area (Å²) in [6.45, 7) is 18.0. The van der Waals surface area contributed by atoms with Gasteiger partial charge in [-0.05, 0) is 97.3 Å². The Morgan fingerprint density at radius 2 is 0.934 bits per heavy atom. The van der Waals surface area contributed by atoms with Crippen LogP contribution in [0.5, 0.6) is 5.75 Å². The zero-order chi connectivity index (χ0) is 52.1. The van der Waals surface area contributed by atoms with Crippen molar-refractivity contribution in [1.82, 2.24) is 14.5 Å². The fraction of sp³-hybridized carbons (Fsp3) is 0.155. The number of aromatic hydroxyl groups is 1. The van der Waals surface area contributed by atoms with Crippen LogP contribution in [0.25, 0.3) is 95.0 Å². The second kappa shape index (κ2) is 20.7. The third kappa shape index (κ3) is 10.0. The number of hydrogen-bond donors (Lipinski definition) is 1. The summed E-state index contributed by atoms with van der Waals surface area (Å²) >= 11 is 0. The van der Waals surface area contributed by atoms with Gasteiger partial charge in [0.15, 0.2) is 0 Å². The van der Waals surface area contributed by atoms with Crippen molar-refractivity contribution in [3.8, 4) is 89.7 Å². The normalized spacial score (nSPS) is 11.9. The molecule has 0 spiro atoms. The molecule has 0 aliphatic carbocycles. The summed E-state index contributed by atoms with van der Waals surface area (Å²) in [4.78, 5) is 10.7. The van der Waals surface area contributed by atoms with E-state index in [9.17, 15) is 5.11 Å². The van der Waals surface area contributed by atoms with Crippen LogP contribution < -0.4 is 0 Å². The van der Waals surface area contributed by atoms with Gasteiger partial charge in [0.2, 0.25) is 0 Å². The number of aromatic nitrogens is 3. The molecule has 0 aliphatic heterocycles. The number of phenols is 1. The Morgan fingerprint density at radius 1 is 0.408 bits per heavy atom. The predicted octanol–water partition coefficient (Wildman–Crippen LogP) is 18.5. The Kier molecular flexibility index (Phi) is 14.0. The molecular formula is C71H62N3OPt-. The number of phenolic OH excluding ortho intramolecular Hbond substituents is 1. The molecule has 0 aliphatic rings. The summed E-state index contributed by atoms with van der Waals surface area (Å²) in [6, 6.07) is 81.0. The minimum atomic E-state index is -0.241. The average Bonchev–Trinajstić information content (AvgIpc) is 3.89. The molecule has 0 bridgehead atoms. The molecule has 4 nitrogen and oxygen atoms in total. The summed E-state index contributed by atoms with van der Waals surface area (Å²) in [6.07, 6.45) is 1.90. The molecular weight excluding hydrogens is 1110 g/mol. The number of benzene rings is 9. The molecule has 11 rings (SSSR count). The van der Waals surface area contributed by atoms with Gasteiger partial charge < -0.3 is 5.11 Å². The van der Waals surface area contributed by atoms with Gasteiger partial charge in [0.25, 0.3) is 0 Å². The molecule has 1 N–H and O–H groups in total. The van der Waals surface area contributed by atoms with Crippen LogP contribution in [-0.4, -0.2) is 19.6 Å². The van der Waals surface area contributed by atoms with Crippen molar-refractivity contribution in [2.75, 3.05) is 0 Å². The number of imidazole rings is 1. The first-order valence-corrected chi connectivity index (χ1v) is 26.0. The first kappa shape index (κ1) is 51.6. The maximum atomic E-state index is 12.8. The SMILES string of the molecule is CC(C)(C)c1ccc(-n2c(-c3cc(C(C)(C)C)cc(-c4ccccc4)c3O)nc3c(-c4[c-]c(-c5cc(-c6ccc(C(C)(C)c7ccccc7)cc6)ccn5)cc(-c5ccccc5)c4)cccc32)c(-c2ccccc2)c1.[Pt]. The Labute approximate surface area is 463 Å². The second-order valence-electron chi connectivity index (χ2n) is 22.4. The first-order valence-electron chi connectivity index (χ1n) is 26.0. The van der Waals surface area contributed by atoms with E-state index in [1.54, 1.807) is 0 Å². The zero-order valence-corrected chi connectivity index (χ0v) is 46.7. The van der Waals surface area contributed by atoms with Crippen molar-refractivity contribution in [1.29, 1.82) is 0 Å². The van der Waals surface area contributed by atoms with E-state index in [0.717, 1.165) is 89.2 Å². The Bertz CT molecular complexity index is 3850. The molecule has 0 saturated carbocycles. The summed E-state index contributed by atoms with van der Waals surface area (Å²) in [5.41, 5.74) is 19.4. The molecule has 5 heteroatoms. The van der Waals surface area contributed by atoms with Crippen LogP contribution in [0.2, 0.25) is 0 Å². The molecule has 0 saturated heterocycles. The van der Waals surface area contributed by atoms with Crippen LogP contribution in [0.15, 0.2) is 225 Å². The first-order chi connectivity index (χ1) is 36.1. The van der Waals surface area contributed by atoms with Gasteiger partial charge in [-0.15, -0.1) is 23.8 Å². The molecule has 2 heterocycles. The van der Waals surface area contributed by atoms with Gasteiger partial charge in [-0.2, -0.15) is 0 Å². The molecule has 76 heavy (non-hydrogen) atoms. The zero-order valence-electron chi connectivity index (χ0n) is 44.5. The molecule has 378 valence electrons. The Morgan fingerprint density at radius 3 is 1.57 bits per heavy atom. The molecule has 0 unspecified atom stereocenters. The van der Waals surface area contributed by atoms with Gasteiger partial charge in [0, 0.05) is 49.5 Å². The van der Waals surface area contributed by atoms with Crippen LogP contribution in [0.3, 0.4) is 0 Å². The van der Waals surface area contributed by atoms with E-state index in [1.807, 2.05) is 24.4 Å². The van der Waals surface area contributed by atoms with Gasteiger partial charge in [0.05, 0.1) is 22.3 Å². The summed E-state index contributed by atoms with van der Waals surface area (Å²) in [5, 5.41) is 12.8. The summed E-state index contributed by atoms with van der Waals surface area (Å²) in [5.74, 6) is 0.825. The molecule has 11 aromatic rings. The number of hydrogen-bond acceptors (Lipinski definition) is 3. The third-order valence-electron chi connectivity index (χ3n) is 14.9. The molecule has 2 aromatic heterocycles. The maximum absolute atomic E-state index is 12.8. The van der Waals surface area contributed by atoms with Crippen LogP contribution in [0.4, 0.5) is 0 Å². The van der Waals surface area contributed by atoms with Crippen molar-refractivity contribution in [3.63, 3.8) is 0 Å². The minimum absolute atomic E-state index is 0. The van der Waals surface area contributed by atoms with Crippen molar-refractivity contribution >= 4 is 11.0 Å². The molecule has 0 radical (unpaired) electrons. The number of fused-ring (bicyclic) bond motifs is 1. The summed E-state index contributed by atoms with van der Waals surface area (Å²) in [7, 11) is 0. The van der Waals surface area contributed by atoms with Crippen molar-refractivity contribution in [3.05, 3.63) is 253 Å². The number of rotatable bonds is 10. The van der Waals surface area contributed by atoms with Gasteiger partial charge in [0.1, 0.15) is 11.6 Å². The number of pyridine rings is 1. The Hall–Kier alpha value is -7.91. The largest absolute Gasteiger partial charge is 0.507 e. The van der Waals surface area contributed by atoms with Gasteiger partial charge in [-0.25, -0.2) is 4.98 Å². The second-order valence-corrected chi connectivity index (χ2v) is 22.4. The van der Waals surface area contributed by atoms with E-state index >= 15 is 0 Å². The van der Waals surface area contributed by atoms with E-state index in [1.165, 1.54) is 16.7 Å². The molecule has 9 aromatic carbocycles. The number of nitrogens with zero attached hydrogens (tertiary/aromatic N) is 3. The van der Waals surface area contributed by atoms with E-state index < -0.39 is 0 Å². The average molecular weight is 1170 g/mol. The van der Waals surface area contributed by atoms with E-state index in [0.29, 0.717) is 11.4 Å². The van der Waals surface area contributed by atoms with Gasteiger partial charge >= 0.3 is 0 Å². The minimum Gasteiger partial charge on any atom is -0.507 e. The fourth-order valence-electron chi connectivity index (χ4n) is 10.4. The van der Waals surface area contributed by atoms with Crippen LogP contribution >= 0.6 is 0 Å².